The topological polar surface area (TPSA) is 95.5 Å². The van der Waals surface area contributed by atoms with Crippen LogP contribution in [0.25, 0.3) is 11.3 Å². The molecule has 7 nitrogen and oxygen atoms in total. The number of carbonyl (C=O) groups excluding carboxylic acids is 1. The molecule has 0 radical (unpaired) electrons. The first kappa shape index (κ1) is 12.7. The third-order valence-electron chi connectivity index (χ3n) is 2.38. The second-order valence-electron chi connectivity index (χ2n) is 3.52. The van der Waals surface area contributed by atoms with Gasteiger partial charge < -0.3 is 9.15 Å². The molecule has 0 amide bonds. The molecule has 0 aliphatic carbocycles. The molecule has 7 heteroatoms. The maximum atomic E-state index is 11.7. The summed E-state index contributed by atoms with van der Waals surface area (Å²) in [5, 5.41) is 11.0. The Hall–Kier alpha value is -2.70. The molecule has 0 spiro atoms. The first-order valence-corrected chi connectivity index (χ1v) is 5.49. The van der Waals surface area contributed by atoms with Crippen molar-refractivity contribution in [1.29, 1.82) is 0 Å². The molecule has 0 saturated carbocycles. The zero-order chi connectivity index (χ0) is 13.8. The molecule has 0 fully saturated rings. The summed E-state index contributed by atoms with van der Waals surface area (Å²) < 4.78 is 9.91. The summed E-state index contributed by atoms with van der Waals surface area (Å²) >= 11 is 0. The number of hydrogen-bond donors (Lipinski definition) is 0. The van der Waals surface area contributed by atoms with E-state index in [9.17, 15) is 14.9 Å². The summed E-state index contributed by atoms with van der Waals surface area (Å²) in [6.45, 7) is 1.84. The lowest BCUT2D eigenvalue weighted by Crippen LogP contribution is -2.06. The standard InChI is InChI=1S/C12H10N2O5/c1-2-18-12(15)10-11(19-7-13-10)8-5-3-4-6-9(8)14(16)17/h3-7H,2H2,1H3. The van der Waals surface area contributed by atoms with Gasteiger partial charge in [-0.15, -0.1) is 0 Å². The fraction of sp³-hybridized carbons (Fsp3) is 0.167. The van der Waals surface area contributed by atoms with E-state index in [0.29, 0.717) is 0 Å². The molecular weight excluding hydrogens is 252 g/mol. The monoisotopic (exact) mass is 262 g/mol. The van der Waals surface area contributed by atoms with Gasteiger partial charge in [0.1, 0.15) is 0 Å². The highest BCUT2D eigenvalue weighted by molar-refractivity contribution is 5.94. The molecule has 0 unspecified atom stereocenters. The predicted octanol–water partition coefficient (Wildman–Crippen LogP) is 2.43. The van der Waals surface area contributed by atoms with Crippen molar-refractivity contribution in [3.8, 4) is 11.3 Å². The molecule has 1 heterocycles. The number of para-hydroxylation sites is 1. The van der Waals surface area contributed by atoms with Gasteiger partial charge in [-0.25, -0.2) is 9.78 Å². The van der Waals surface area contributed by atoms with Crippen LogP contribution in [-0.2, 0) is 4.74 Å². The van der Waals surface area contributed by atoms with Crippen LogP contribution >= 0.6 is 0 Å². The largest absolute Gasteiger partial charge is 0.461 e. The van der Waals surface area contributed by atoms with Crippen LogP contribution in [0.2, 0.25) is 0 Å². The number of nitrogens with zero attached hydrogens (tertiary/aromatic N) is 2. The zero-order valence-electron chi connectivity index (χ0n) is 10.0. The molecular formula is C12H10N2O5. The van der Waals surface area contributed by atoms with Crippen LogP contribution in [0.1, 0.15) is 17.4 Å². The van der Waals surface area contributed by atoms with Crippen molar-refractivity contribution in [2.24, 2.45) is 0 Å². The summed E-state index contributed by atoms with van der Waals surface area (Å²) in [7, 11) is 0. The maximum absolute atomic E-state index is 11.7. The molecule has 1 aromatic heterocycles. The van der Waals surface area contributed by atoms with Gasteiger partial charge >= 0.3 is 5.97 Å². The number of carbonyl (C=O) groups is 1. The Bertz CT molecular complexity index is 620. The van der Waals surface area contributed by atoms with Crippen LogP contribution in [0.15, 0.2) is 35.1 Å². The number of nitro groups is 1. The van der Waals surface area contributed by atoms with Crippen molar-refractivity contribution in [3.05, 3.63) is 46.5 Å². The number of ether oxygens (including phenoxy) is 1. The van der Waals surface area contributed by atoms with Crippen LogP contribution < -0.4 is 0 Å². The van der Waals surface area contributed by atoms with Gasteiger partial charge in [0.25, 0.3) is 5.69 Å². The third kappa shape index (κ3) is 2.44. The van der Waals surface area contributed by atoms with E-state index < -0.39 is 10.9 Å². The van der Waals surface area contributed by atoms with Gasteiger partial charge in [-0.3, -0.25) is 10.1 Å². The lowest BCUT2D eigenvalue weighted by molar-refractivity contribution is -0.384. The maximum Gasteiger partial charge on any atom is 0.360 e. The Morgan fingerprint density at radius 1 is 1.47 bits per heavy atom. The van der Waals surface area contributed by atoms with E-state index in [1.807, 2.05) is 0 Å². The molecule has 98 valence electrons. The zero-order valence-corrected chi connectivity index (χ0v) is 10.0. The lowest BCUT2D eigenvalue weighted by atomic mass is 10.1. The molecule has 0 aliphatic heterocycles. The first-order valence-electron chi connectivity index (χ1n) is 5.49. The number of aromatic nitrogens is 1. The second-order valence-corrected chi connectivity index (χ2v) is 3.52. The summed E-state index contributed by atoms with van der Waals surface area (Å²) in [6.07, 6.45) is 1.05. The summed E-state index contributed by atoms with van der Waals surface area (Å²) in [6, 6.07) is 5.95. The molecule has 0 aliphatic rings. The van der Waals surface area contributed by atoms with E-state index in [1.54, 1.807) is 13.0 Å². The Morgan fingerprint density at radius 3 is 2.89 bits per heavy atom. The van der Waals surface area contributed by atoms with E-state index in [-0.39, 0.29) is 29.3 Å². The lowest BCUT2D eigenvalue weighted by Gasteiger charge is -2.02. The summed E-state index contributed by atoms with van der Waals surface area (Å²) in [5.41, 5.74) is -0.0472. The van der Waals surface area contributed by atoms with Crippen molar-refractivity contribution in [2.45, 2.75) is 6.92 Å². The van der Waals surface area contributed by atoms with Gasteiger partial charge in [-0.1, -0.05) is 12.1 Å². The number of nitro benzene ring substituents is 1. The highest BCUT2D eigenvalue weighted by Crippen LogP contribution is 2.31. The fourth-order valence-electron chi connectivity index (χ4n) is 1.61. The Balaban J connectivity index is 2.52. The van der Waals surface area contributed by atoms with Gasteiger partial charge in [0, 0.05) is 6.07 Å². The Kier molecular flexibility index (Phi) is 3.56. The fourth-order valence-corrected chi connectivity index (χ4v) is 1.61. The molecule has 0 atom stereocenters. The van der Waals surface area contributed by atoms with Crippen LogP contribution in [0.3, 0.4) is 0 Å². The highest BCUT2D eigenvalue weighted by atomic mass is 16.6. The Morgan fingerprint density at radius 2 is 2.21 bits per heavy atom. The smallest absolute Gasteiger partial charge is 0.360 e. The van der Waals surface area contributed by atoms with Crippen molar-refractivity contribution in [1.82, 2.24) is 4.98 Å². The first-order chi connectivity index (χ1) is 9.15. The van der Waals surface area contributed by atoms with Crippen LogP contribution in [0.5, 0.6) is 0 Å². The van der Waals surface area contributed by atoms with Crippen LogP contribution in [0, 0.1) is 10.1 Å². The van der Waals surface area contributed by atoms with E-state index in [2.05, 4.69) is 4.98 Å². The molecule has 2 aromatic rings. The molecule has 2 rings (SSSR count). The van der Waals surface area contributed by atoms with Crippen molar-refractivity contribution in [2.75, 3.05) is 6.61 Å². The average Bonchev–Trinajstić information content (AvgIpc) is 2.88. The molecule has 19 heavy (non-hydrogen) atoms. The molecule has 0 N–H and O–H groups in total. The van der Waals surface area contributed by atoms with E-state index in [0.717, 1.165) is 6.39 Å². The average molecular weight is 262 g/mol. The van der Waals surface area contributed by atoms with Crippen molar-refractivity contribution < 1.29 is 18.9 Å². The SMILES string of the molecule is CCOC(=O)c1ncoc1-c1ccccc1[N+](=O)[O-]. The normalized spacial score (nSPS) is 10.2. The predicted molar refractivity (Wildman–Crippen MR) is 64.5 cm³/mol. The molecule has 1 aromatic carbocycles. The second kappa shape index (κ2) is 5.30. The Labute approximate surface area is 108 Å². The minimum absolute atomic E-state index is 0.0331. The van der Waals surface area contributed by atoms with Gasteiger partial charge in [-0.05, 0) is 13.0 Å². The molecule has 0 saturated heterocycles. The van der Waals surface area contributed by atoms with Gasteiger partial charge in [0.2, 0.25) is 0 Å². The number of benzene rings is 1. The van der Waals surface area contributed by atoms with Crippen molar-refractivity contribution in [3.63, 3.8) is 0 Å². The van der Waals surface area contributed by atoms with Gasteiger partial charge in [0.05, 0.1) is 17.1 Å². The summed E-state index contributed by atoms with van der Waals surface area (Å²) in [4.78, 5) is 25.8. The van der Waals surface area contributed by atoms with Crippen LogP contribution in [0.4, 0.5) is 5.69 Å². The highest BCUT2D eigenvalue weighted by Gasteiger charge is 2.25. The summed E-state index contributed by atoms with van der Waals surface area (Å²) in [5.74, 6) is -0.643. The van der Waals surface area contributed by atoms with E-state index in [4.69, 9.17) is 9.15 Å². The van der Waals surface area contributed by atoms with Crippen LogP contribution in [-0.4, -0.2) is 22.5 Å². The van der Waals surface area contributed by atoms with E-state index in [1.165, 1.54) is 18.2 Å². The van der Waals surface area contributed by atoms with Crippen molar-refractivity contribution >= 4 is 11.7 Å². The minimum Gasteiger partial charge on any atom is -0.461 e. The number of oxazole rings is 1. The minimum atomic E-state index is -0.676. The van der Waals surface area contributed by atoms with Gasteiger partial charge in [-0.2, -0.15) is 0 Å². The van der Waals surface area contributed by atoms with Gasteiger partial charge in [0.15, 0.2) is 17.8 Å². The molecule has 0 bridgehead atoms. The third-order valence-corrected chi connectivity index (χ3v) is 2.38. The number of hydrogen-bond acceptors (Lipinski definition) is 6. The quantitative estimate of drug-likeness (QED) is 0.477. The number of rotatable bonds is 4. The number of esters is 1. The van der Waals surface area contributed by atoms with E-state index >= 15 is 0 Å².